The van der Waals surface area contributed by atoms with Crippen LogP contribution in [0.15, 0.2) is 71.6 Å². The molecule has 0 aromatic heterocycles. The minimum absolute atomic E-state index is 0.0203. The maximum absolute atomic E-state index is 13.0. The first-order valence-electron chi connectivity index (χ1n) is 11.5. The molecule has 1 saturated heterocycles. The number of amides is 2. The minimum Gasteiger partial charge on any atom is -0.348 e. The lowest BCUT2D eigenvalue weighted by Crippen LogP contribution is -2.42. The Morgan fingerprint density at radius 3 is 2.40 bits per heavy atom. The van der Waals surface area contributed by atoms with Crippen LogP contribution in [-0.2, 0) is 16.6 Å². The molecule has 3 aromatic rings. The summed E-state index contributed by atoms with van der Waals surface area (Å²) in [5.41, 5.74) is 10.3. The van der Waals surface area contributed by atoms with Crippen LogP contribution in [0.1, 0.15) is 39.1 Å². The lowest BCUT2D eigenvalue weighted by Gasteiger charge is -2.29. The maximum atomic E-state index is 13.0. The average molecular weight is 491 g/mol. The molecular weight excluding hydrogens is 464 g/mol. The fraction of sp³-hybridized carbons (Fsp3) is 0.231. The van der Waals surface area contributed by atoms with Gasteiger partial charge in [-0.15, -0.1) is 0 Å². The highest BCUT2D eigenvalue weighted by atomic mass is 32.2. The number of sulfonamides is 1. The zero-order valence-corrected chi connectivity index (χ0v) is 19.8. The van der Waals surface area contributed by atoms with Crippen LogP contribution in [-0.4, -0.2) is 43.7 Å². The van der Waals surface area contributed by atoms with Gasteiger partial charge in [-0.3, -0.25) is 9.59 Å². The van der Waals surface area contributed by atoms with E-state index in [1.165, 1.54) is 16.4 Å². The van der Waals surface area contributed by atoms with E-state index in [1.54, 1.807) is 24.3 Å². The zero-order valence-electron chi connectivity index (χ0n) is 19.0. The van der Waals surface area contributed by atoms with Crippen LogP contribution in [0, 0.1) is 0 Å². The van der Waals surface area contributed by atoms with E-state index >= 15 is 0 Å². The standard InChI is InChI=1S/C26H26N4O4S/c27-19-11-13-30(14-12-19)35(33,34)21-4-1-3-18(15-21)25(31)29-20-9-7-17(8-10-20)22-5-2-6-23-24(22)16-28-26(23)32/h1-10,15,19H,11-14,16,27H2,(H,28,32)(H,29,31). The van der Waals surface area contributed by atoms with Crippen molar-refractivity contribution in [2.24, 2.45) is 5.73 Å². The molecule has 4 N–H and O–H groups in total. The number of nitrogens with two attached hydrogens (primary N) is 1. The smallest absolute Gasteiger partial charge is 0.255 e. The van der Waals surface area contributed by atoms with Crippen molar-refractivity contribution in [2.75, 3.05) is 18.4 Å². The molecule has 9 heteroatoms. The third-order valence-corrected chi connectivity index (χ3v) is 8.43. The Bertz CT molecular complexity index is 1400. The Morgan fingerprint density at radius 2 is 1.66 bits per heavy atom. The van der Waals surface area contributed by atoms with Gasteiger partial charge in [-0.25, -0.2) is 8.42 Å². The van der Waals surface area contributed by atoms with Gasteiger partial charge in [0.25, 0.3) is 11.8 Å². The van der Waals surface area contributed by atoms with Crippen LogP contribution in [0.25, 0.3) is 11.1 Å². The summed E-state index contributed by atoms with van der Waals surface area (Å²) in [6.07, 6.45) is 1.24. The summed E-state index contributed by atoms with van der Waals surface area (Å²) < 4.78 is 27.5. The molecule has 3 aromatic carbocycles. The molecule has 0 atom stereocenters. The number of benzene rings is 3. The van der Waals surface area contributed by atoms with Crippen molar-refractivity contribution in [3.63, 3.8) is 0 Å². The Morgan fingerprint density at radius 1 is 0.971 bits per heavy atom. The number of piperidine rings is 1. The largest absolute Gasteiger partial charge is 0.348 e. The summed E-state index contributed by atoms with van der Waals surface area (Å²) in [6, 6.07) is 19.1. The number of hydrogen-bond acceptors (Lipinski definition) is 5. The topological polar surface area (TPSA) is 122 Å². The van der Waals surface area contributed by atoms with Gasteiger partial charge in [-0.2, -0.15) is 4.31 Å². The highest BCUT2D eigenvalue weighted by molar-refractivity contribution is 7.89. The molecule has 1 fully saturated rings. The number of nitrogens with one attached hydrogen (secondary N) is 2. The molecule has 5 rings (SSSR count). The van der Waals surface area contributed by atoms with Gasteiger partial charge >= 0.3 is 0 Å². The summed E-state index contributed by atoms with van der Waals surface area (Å²) in [5, 5.41) is 5.67. The normalized spacial score (nSPS) is 16.5. The SMILES string of the molecule is NC1CCN(S(=O)(=O)c2cccc(C(=O)Nc3ccc(-c4cccc5c4CNC5=O)cc3)c2)CC1. The lowest BCUT2D eigenvalue weighted by atomic mass is 9.97. The van der Waals surface area contributed by atoms with Crippen LogP contribution in [0.4, 0.5) is 5.69 Å². The van der Waals surface area contributed by atoms with E-state index in [-0.39, 0.29) is 22.4 Å². The van der Waals surface area contributed by atoms with Gasteiger partial charge < -0.3 is 16.4 Å². The summed E-state index contributed by atoms with van der Waals surface area (Å²) >= 11 is 0. The minimum atomic E-state index is -3.69. The number of carbonyl (C=O) groups excluding carboxylic acids is 2. The van der Waals surface area contributed by atoms with E-state index < -0.39 is 15.9 Å². The van der Waals surface area contributed by atoms with Gasteiger partial charge in [-0.1, -0.05) is 30.3 Å². The zero-order chi connectivity index (χ0) is 24.6. The second-order valence-electron chi connectivity index (χ2n) is 8.82. The quantitative estimate of drug-likeness (QED) is 0.508. The fourth-order valence-corrected chi connectivity index (χ4v) is 6.04. The average Bonchev–Trinajstić information content (AvgIpc) is 3.26. The Kier molecular flexibility index (Phi) is 6.14. The van der Waals surface area contributed by atoms with Crippen molar-refractivity contribution in [3.05, 3.63) is 83.4 Å². The molecule has 8 nitrogen and oxygen atoms in total. The molecule has 0 spiro atoms. The highest BCUT2D eigenvalue weighted by Gasteiger charge is 2.28. The van der Waals surface area contributed by atoms with Gasteiger partial charge in [0.15, 0.2) is 0 Å². The predicted molar refractivity (Wildman–Crippen MR) is 133 cm³/mol. The monoisotopic (exact) mass is 490 g/mol. The molecule has 2 aliphatic heterocycles. The first kappa shape index (κ1) is 23.2. The Labute approximate surface area is 204 Å². The van der Waals surface area contributed by atoms with Crippen LogP contribution < -0.4 is 16.4 Å². The molecule has 180 valence electrons. The van der Waals surface area contributed by atoms with Gasteiger partial charge in [0.2, 0.25) is 10.0 Å². The second-order valence-corrected chi connectivity index (χ2v) is 10.8. The van der Waals surface area contributed by atoms with Crippen LogP contribution in [0.5, 0.6) is 0 Å². The maximum Gasteiger partial charge on any atom is 0.255 e. The number of nitrogens with zero attached hydrogens (tertiary/aromatic N) is 1. The number of fused-ring (bicyclic) bond motifs is 1. The van der Waals surface area contributed by atoms with E-state index in [4.69, 9.17) is 5.73 Å². The molecule has 0 radical (unpaired) electrons. The first-order chi connectivity index (χ1) is 16.8. The third kappa shape index (κ3) is 4.58. The number of hydrogen-bond donors (Lipinski definition) is 3. The molecule has 2 amide bonds. The highest BCUT2D eigenvalue weighted by Crippen LogP contribution is 2.30. The van der Waals surface area contributed by atoms with Crippen molar-refractivity contribution in [1.82, 2.24) is 9.62 Å². The number of carbonyl (C=O) groups is 2. The number of rotatable bonds is 5. The van der Waals surface area contributed by atoms with Crippen molar-refractivity contribution >= 4 is 27.5 Å². The Hall–Kier alpha value is -3.53. The summed E-state index contributed by atoms with van der Waals surface area (Å²) in [5.74, 6) is -0.468. The van der Waals surface area contributed by atoms with Crippen molar-refractivity contribution in [2.45, 2.75) is 30.3 Å². The van der Waals surface area contributed by atoms with Crippen LogP contribution in [0.3, 0.4) is 0 Å². The van der Waals surface area contributed by atoms with E-state index in [1.807, 2.05) is 30.3 Å². The first-order valence-corrected chi connectivity index (χ1v) is 12.9. The third-order valence-electron chi connectivity index (χ3n) is 6.53. The van der Waals surface area contributed by atoms with E-state index in [9.17, 15) is 18.0 Å². The second kappa shape index (κ2) is 9.26. The fourth-order valence-electron chi connectivity index (χ4n) is 4.52. The summed E-state index contributed by atoms with van der Waals surface area (Å²) in [7, 11) is -3.69. The molecule has 2 heterocycles. The Balaban J connectivity index is 1.32. The molecule has 0 unspecified atom stereocenters. The van der Waals surface area contributed by atoms with E-state index in [0.29, 0.717) is 43.7 Å². The van der Waals surface area contributed by atoms with Crippen molar-refractivity contribution in [1.29, 1.82) is 0 Å². The molecule has 0 bridgehead atoms. The lowest BCUT2D eigenvalue weighted by molar-refractivity contribution is 0.0964. The van der Waals surface area contributed by atoms with E-state index in [0.717, 1.165) is 16.7 Å². The molecule has 0 aliphatic carbocycles. The summed E-state index contributed by atoms with van der Waals surface area (Å²) in [4.78, 5) is 24.9. The van der Waals surface area contributed by atoms with Gasteiger partial charge in [0, 0.05) is 42.5 Å². The van der Waals surface area contributed by atoms with Crippen molar-refractivity contribution in [3.8, 4) is 11.1 Å². The van der Waals surface area contributed by atoms with Crippen LogP contribution in [0.2, 0.25) is 0 Å². The summed E-state index contributed by atoms with van der Waals surface area (Å²) in [6.45, 7) is 1.24. The molecule has 0 saturated carbocycles. The predicted octanol–water partition coefficient (Wildman–Crippen LogP) is 2.96. The van der Waals surface area contributed by atoms with E-state index in [2.05, 4.69) is 10.6 Å². The van der Waals surface area contributed by atoms with Crippen molar-refractivity contribution < 1.29 is 18.0 Å². The van der Waals surface area contributed by atoms with Gasteiger partial charge in [-0.05, 0) is 65.9 Å². The molecule has 2 aliphatic rings. The van der Waals surface area contributed by atoms with Crippen LogP contribution >= 0.6 is 0 Å². The molecular formula is C26H26N4O4S. The number of anilines is 1. The molecule has 35 heavy (non-hydrogen) atoms. The van der Waals surface area contributed by atoms with Gasteiger partial charge in [0.1, 0.15) is 0 Å². The van der Waals surface area contributed by atoms with Gasteiger partial charge in [0.05, 0.1) is 4.90 Å².